The van der Waals surface area contributed by atoms with Crippen LogP contribution in [0.2, 0.25) is 18.1 Å². The Balaban J connectivity index is 3.07. The molecule has 21 heavy (non-hydrogen) atoms. The summed E-state index contributed by atoms with van der Waals surface area (Å²) in [6.07, 6.45) is 2.43. The smallest absolute Gasteiger partial charge is 0.250 e. The van der Waals surface area contributed by atoms with Crippen LogP contribution >= 0.6 is 15.9 Å². The zero-order chi connectivity index (χ0) is 16.3. The van der Waals surface area contributed by atoms with Crippen LogP contribution in [-0.2, 0) is 0 Å². The number of hydrogen-bond acceptors (Lipinski definition) is 2. The van der Waals surface area contributed by atoms with Crippen molar-refractivity contribution in [2.75, 3.05) is 0 Å². The van der Waals surface area contributed by atoms with Crippen LogP contribution in [0, 0.1) is 0 Å². The molecule has 1 N–H and O–H groups in total. The van der Waals surface area contributed by atoms with Crippen LogP contribution in [0.25, 0.3) is 0 Å². The number of benzene rings is 1. The van der Waals surface area contributed by atoms with Crippen molar-refractivity contribution >= 4 is 24.2 Å². The minimum atomic E-state index is -1.90. The fraction of sp³-hybridized carbons (Fsp3) is 0.647. The molecule has 0 fully saturated rings. The molecule has 0 amide bonds. The first-order chi connectivity index (χ1) is 9.58. The zero-order valence-electron chi connectivity index (χ0n) is 14.2. The highest BCUT2D eigenvalue weighted by Gasteiger charge is 2.39. The Morgan fingerprint density at radius 1 is 1.29 bits per heavy atom. The van der Waals surface area contributed by atoms with Crippen molar-refractivity contribution in [1.29, 1.82) is 0 Å². The molecule has 4 heteroatoms. The maximum absolute atomic E-state index is 10.5. The van der Waals surface area contributed by atoms with Gasteiger partial charge in [0.2, 0.25) is 8.32 Å². The zero-order valence-corrected chi connectivity index (χ0v) is 16.8. The highest BCUT2D eigenvalue weighted by atomic mass is 79.9. The molecule has 1 rings (SSSR count). The van der Waals surface area contributed by atoms with E-state index in [0.29, 0.717) is 0 Å². The summed E-state index contributed by atoms with van der Waals surface area (Å²) in [5, 5.41) is 10.6. The summed E-state index contributed by atoms with van der Waals surface area (Å²) >= 11 is 3.50. The number of rotatable bonds is 6. The molecule has 0 aliphatic heterocycles. The summed E-state index contributed by atoms with van der Waals surface area (Å²) < 4.78 is 7.39. The molecule has 0 aliphatic carbocycles. The minimum absolute atomic E-state index is 0.145. The second-order valence-corrected chi connectivity index (χ2v) is 12.8. The standard InChI is InChI=1S/C17H29BrO2Si/c1-7-8-9-15(19)14-12-13(18)10-11-16(14)20-21(5,6)17(2,3)4/h10-12,15,19H,7-9H2,1-6H3. The van der Waals surface area contributed by atoms with E-state index in [0.717, 1.165) is 35.0 Å². The third kappa shape index (κ3) is 5.11. The molecular weight excluding hydrogens is 344 g/mol. The topological polar surface area (TPSA) is 29.5 Å². The molecule has 1 aromatic carbocycles. The molecule has 0 aromatic heterocycles. The van der Waals surface area contributed by atoms with E-state index in [2.05, 4.69) is 56.7 Å². The number of aliphatic hydroxyl groups is 1. The van der Waals surface area contributed by atoms with Gasteiger partial charge in [0.25, 0.3) is 0 Å². The van der Waals surface area contributed by atoms with E-state index in [-0.39, 0.29) is 5.04 Å². The monoisotopic (exact) mass is 372 g/mol. The molecule has 0 aliphatic rings. The Morgan fingerprint density at radius 2 is 1.90 bits per heavy atom. The van der Waals surface area contributed by atoms with Crippen molar-refractivity contribution in [2.24, 2.45) is 0 Å². The fourth-order valence-electron chi connectivity index (χ4n) is 1.85. The van der Waals surface area contributed by atoms with Crippen molar-refractivity contribution < 1.29 is 9.53 Å². The molecule has 1 atom stereocenters. The van der Waals surface area contributed by atoms with Crippen molar-refractivity contribution in [1.82, 2.24) is 0 Å². The predicted molar refractivity (Wildman–Crippen MR) is 96.5 cm³/mol. The maximum Gasteiger partial charge on any atom is 0.250 e. The lowest BCUT2D eigenvalue weighted by Crippen LogP contribution is -2.44. The summed E-state index contributed by atoms with van der Waals surface area (Å²) in [5.41, 5.74) is 0.905. The Kier molecular flexibility index (Phi) is 6.50. The highest BCUT2D eigenvalue weighted by Crippen LogP contribution is 2.40. The SMILES string of the molecule is CCCCC(O)c1cc(Br)ccc1O[Si](C)(C)C(C)(C)C. The number of aliphatic hydroxyl groups excluding tert-OH is 1. The lowest BCUT2D eigenvalue weighted by Gasteiger charge is -2.37. The van der Waals surface area contributed by atoms with Crippen molar-refractivity contribution in [3.8, 4) is 5.75 Å². The second-order valence-electron chi connectivity index (χ2n) is 7.20. The Hall–Kier alpha value is -0.323. The van der Waals surface area contributed by atoms with Gasteiger partial charge in [-0.25, -0.2) is 0 Å². The first kappa shape index (κ1) is 18.7. The molecule has 1 unspecified atom stereocenters. The molecule has 120 valence electrons. The van der Waals surface area contributed by atoms with Crippen LogP contribution in [0.1, 0.15) is 58.6 Å². The predicted octanol–water partition coefficient (Wildman–Crippen LogP) is 6.06. The van der Waals surface area contributed by atoms with Crippen LogP contribution in [0.3, 0.4) is 0 Å². The van der Waals surface area contributed by atoms with E-state index >= 15 is 0 Å². The van der Waals surface area contributed by atoms with Gasteiger partial charge in [-0.15, -0.1) is 0 Å². The van der Waals surface area contributed by atoms with Crippen LogP contribution in [0.4, 0.5) is 0 Å². The van der Waals surface area contributed by atoms with E-state index in [1.807, 2.05) is 18.2 Å². The Bertz CT molecular complexity index is 466. The quantitative estimate of drug-likeness (QED) is 0.615. The van der Waals surface area contributed by atoms with E-state index in [9.17, 15) is 5.11 Å². The largest absolute Gasteiger partial charge is 0.543 e. The molecule has 0 saturated heterocycles. The summed E-state index contributed by atoms with van der Waals surface area (Å²) in [6, 6.07) is 5.95. The van der Waals surface area contributed by atoms with Crippen LogP contribution < -0.4 is 4.43 Å². The van der Waals surface area contributed by atoms with Gasteiger partial charge < -0.3 is 9.53 Å². The van der Waals surface area contributed by atoms with Gasteiger partial charge in [0.05, 0.1) is 6.10 Å². The third-order valence-electron chi connectivity index (χ3n) is 4.33. The minimum Gasteiger partial charge on any atom is -0.543 e. The van der Waals surface area contributed by atoms with Gasteiger partial charge in [-0.3, -0.25) is 0 Å². The molecule has 1 aromatic rings. The molecule has 0 bridgehead atoms. The van der Waals surface area contributed by atoms with Gasteiger partial charge in [0.15, 0.2) is 0 Å². The molecule has 2 nitrogen and oxygen atoms in total. The lowest BCUT2D eigenvalue weighted by molar-refractivity contribution is 0.161. The van der Waals surface area contributed by atoms with E-state index in [4.69, 9.17) is 4.43 Å². The molecule has 0 saturated carbocycles. The van der Waals surface area contributed by atoms with Crippen LogP contribution in [0.5, 0.6) is 5.75 Å². The molecular formula is C17H29BrO2Si. The Labute approximate surface area is 139 Å². The molecule has 0 spiro atoms. The average Bonchev–Trinajstić information content (AvgIpc) is 2.36. The van der Waals surface area contributed by atoms with Gasteiger partial charge in [0.1, 0.15) is 5.75 Å². The Morgan fingerprint density at radius 3 is 2.43 bits per heavy atom. The van der Waals surface area contributed by atoms with Crippen molar-refractivity contribution in [3.05, 3.63) is 28.2 Å². The second kappa shape index (κ2) is 7.29. The van der Waals surface area contributed by atoms with Crippen molar-refractivity contribution in [2.45, 2.75) is 71.2 Å². The number of unbranched alkanes of at least 4 members (excludes halogenated alkanes) is 1. The van der Waals surface area contributed by atoms with E-state index in [1.54, 1.807) is 0 Å². The average molecular weight is 373 g/mol. The van der Waals surface area contributed by atoms with Gasteiger partial charge >= 0.3 is 0 Å². The maximum atomic E-state index is 10.5. The van der Waals surface area contributed by atoms with Crippen LogP contribution in [0.15, 0.2) is 22.7 Å². The first-order valence-electron chi connectivity index (χ1n) is 7.75. The number of hydrogen-bond donors (Lipinski definition) is 1. The molecule has 0 radical (unpaired) electrons. The van der Waals surface area contributed by atoms with Crippen molar-refractivity contribution in [3.63, 3.8) is 0 Å². The summed E-state index contributed by atoms with van der Waals surface area (Å²) in [6.45, 7) is 13.3. The van der Waals surface area contributed by atoms with E-state index < -0.39 is 14.4 Å². The first-order valence-corrected chi connectivity index (χ1v) is 11.4. The van der Waals surface area contributed by atoms with Gasteiger partial charge in [-0.05, 0) is 42.8 Å². The third-order valence-corrected chi connectivity index (χ3v) is 9.17. The highest BCUT2D eigenvalue weighted by molar-refractivity contribution is 9.10. The molecule has 0 heterocycles. The van der Waals surface area contributed by atoms with Crippen LogP contribution in [-0.4, -0.2) is 13.4 Å². The fourth-order valence-corrected chi connectivity index (χ4v) is 3.27. The van der Waals surface area contributed by atoms with Gasteiger partial charge in [-0.2, -0.15) is 0 Å². The summed E-state index contributed by atoms with van der Waals surface area (Å²) in [7, 11) is -1.90. The summed E-state index contributed by atoms with van der Waals surface area (Å²) in [4.78, 5) is 0. The summed E-state index contributed by atoms with van der Waals surface area (Å²) in [5.74, 6) is 0.841. The van der Waals surface area contributed by atoms with E-state index in [1.165, 1.54) is 0 Å². The van der Waals surface area contributed by atoms with Gasteiger partial charge in [-0.1, -0.05) is 56.5 Å². The number of halogens is 1. The van der Waals surface area contributed by atoms with Gasteiger partial charge in [0, 0.05) is 10.0 Å². The lowest BCUT2D eigenvalue weighted by atomic mass is 10.0. The normalized spacial score (nSPS) is 14.1.